The number of hydrogen-bond donors (Lipinski definition) is 1. The van der Waals surface area contributed by atoms with Crippen molar-refractivity contribution in [2.45, 2.75) is 39.2 Å². The Balaban J connectivity index is 1.86. The zero-order chi connectivity index (χ0) is 17.3. The van der Waals surface area contributed by atoms with Crippen LogP contribution >= 0.6 is 0 Å². The summed E-state index contributed by atoms with van der Waals surface area (Å²) in [4.78, 5) is 24.8. The van der Waals surface area contributed by atoms with Gasteiger partial charge in [-0.1, -0.05) is 6.07 Å². The van der Waals surface area contributed by atoms with Gasteiger partial charge in [-0.2, -0.15) is 5.10 Å². The number of benzene rings is 1. The summed E-state index contributed by atoms with van der Waals surface area (Å²) in [7, 11) is 1.55. The number of aromatic nitrogens is 2. The molecular formula is C18H21N3O3. The van der Waals surface area contributed by atoms with Crippen LogP contribution < -0.4 is 15.6 Å². The van der Waals surface area contributed by atoms with Gasteiger partial charge in [0.2, 0.25) is 5.91 Å². The number of carbonyl (C=O) groups excluding carboxylic acids is 1. The Morgan fingerprint density at radius 2 is 2.12 bits per heavy atom. The van der Waals surface area contributed by atoms with E-state index in [-0.39, 0.29) is 11.5 Å². The number of nitrogens with one attached hydrogen (secondary N) is 1. The second kappa shape index (κ2) is 6.47. The van der Waals surface area contributed by atoms with Crippen molar-refractivity contribution in [2.75, 3.05) is 12.4 Å². The number of fused-ring (bicyclic) bond motifs is 1. The van der Waals surface area contributed by atoms with Crippen molar-refractivity contribution >= 4 is 11.6 Å². The van der Waals surface area contributed by atoms with Gasteiger partial charge in [-0.25, -0.2) is 4.68 Å². The maximum atomic E-state index is 12.6. The Labute approximate surface area is 140 Å². The first-order chi connectivity index (χ1) is 11.5. The summed E-state index contributed by atoms with van der Waals surface area (Å²) < 4.78 is 6.54. The Morgan fingerprint density at radius 1 is 1.33 bits per heavy atom. The lowest BCUT2D eigenvalue weighted by Crippen LogP contribution is -2.34. The van der Waals surface area contributed by atoms with E-state index in [2.05, 4.69) is 10.4 Å². The molecular weight excluding hydrogens is 306 g/mol. The summed E-state index contributed by atoms with van der Waals surface area (Å²) in [6, 6.07) is 6.45. The summed E-state index contributed by atoms with van der Waals surface area (Å²) >= 11 is 0. The van der Waals surface area contributed by atoms with Gasteiger partial charge >= 0.3 is 0 Å². The van der Waals surface area contributed by atoms with Gasteiger partial charge in [0.1, 0.15) is 11.8 Å². The van der Waals surface area contributed by atoms with Crippen molar-refractivity contribution in [3.63, 3.8) is 0 Å². The second-order valence-corrected chi connectivity index (χ2v) is 6.12. The van der Waals surface area contributed by atoms with Crippen molar-refractivity contribution in [3.05, 3.63) is 51.4 Å². The van der Waals surface area contributed by atoms with E-state index in [0.717, 1.165) is 36.1 Å². The number of carbonyl (C=O) groups is 1. The molecule has 1 aliphatic rings. The highest BCUT2D eigenvalue weighted by Gasteiger charge is 2.22. The van der Waals surface area contributed by atoms with Crippen LogP contribution in [-0.4, -0.2) is 22.8 Å². The van der Waals surface area contributed by atoms with Crippen LogP contribution in [0.4, 0.5) is 5.69 Å². The normalized spacial score (nSPS) is 14.1. The Kier molecular flexibility index (Phi) is 4.38. The topological polar surface area (TPSA) is 73.2 Å². The minimum Gasteiger partial charge on any atom is -0.495 e. The third-order valence-corrected chi connectivity index (χ3v) is 4.34. The minimum atomic E-state index is -0.700. The number of hydrogen-bond acceptors (Lipinski definition) is 4. The SMILES string of the molecule is COc1ccc(C)cc1NC(=O)C(C)n1nc2c(cc1=O)CCC2. The fourth-order valence-electron chi connectivity index (χ4n) is 2.96. The van der Waals surface area contributed by atoms with E-state index in [1.165, 1.54) is 4.68 Å². The summed E-state index contributed by atoms with van der Waals surface area (Å²) in [5.74, 6) is 0.279. The molecule has 1 heterocycles. The molecule has 1 unspecified atom stereocenters. The maximum absolute atomic E-state index is 12.6. The molecule has 1 aromatic heterocycles. The summed E-state index contributed by atoms with van der Waals surface area (Å²) in [5, 5.41) is 7.22. The maximum Gasteiger partial charge on any atom is 0.267 e. The monoisotopic (exact) mass is 327 g/mol. The fourth-order valence-corrected chi connectivity index (χ4v) is 2.96. The molecule has 1 atom stereocenters. The lowest BCUT2D eigenvalue weighted by Gasteiger charge is -2.16. The van der Waals surface area contributed by atoms with E-state index in [4.69, 9.17) is 4.74 Å². The van der Waals surface area contributed by atoms with E-state index in [9.17, 15) is 9.59 Å². The van der Waals surface area contributed by atoms with Gasteiger partial charge in [-0.05, 0) is 56.4 Å². The Morgan fingerprint density at radius 3 is 2.88 bits per heavy atom. The van der Waals surface area contributed by atoms with Gasteiger partial charge in [-0.3, -0.25) is 9.59 Å². The molecule has 0 fully saturated rings. The molecule has 6 heteroatoms. The molecule has 0 radical (unpaired) electrons. The molecule has 1 amide bonds. The highest BCUT2D eigenvalue weighted by Crippen LogP contribution is 2.26. The van der Waals surface area contributed by atoms with Gasteiger partial charge in [0.15, 0.2) is 0 Å². The molecule has 0 saturated heterocycles. The van der Waals surface area contributed by atoms with Crippen LogP contribution in [0.15, 0.2) is 29.1 Å². The predicted octanol–water partition coefficient (Wildman–Crippen LogP) is 2.25. The molecule has 24 heavy (non-hydrogen) atoms. The largest absolute Gasteiger partial charge is 0.495 e. The summed E-state index contributed by atoms with van der Waals surface area (Å²) in [6.07, 6.45) is 2.75. The number of rotatable bonds is 4. The Hall–Kier alpha value is -2.63. The number of nitrogens with zero attached hydrogens (tertiary/aromatic N) is 2. The van der Waals surface area contributed by atoms with Crippen LogP contribution in [0.2, 0.25) is 0 Å². The first-order valence-corrected chi connectivity index (χ1v) is 8.06. The smallest absolute Gasteiger partial charge is 0.267 e. The summed E-state index contributed by atoms with van der Waals surface area (Å²) in [5.41, 5.74) is 3.27. The van der Waals surface area contributed by atoms with Crippen LogP contribution in [0.1, 0.15) is 36.2 Å². The van der Waals surface area contributed by atoms with Crippen molar-refractivity contribution in [2.24, 2.45) is 0 Å². The first kappa shape index (κ1) is 16.2. The third-order valence-electron chi connectivity index (χ3n) is 4.34. The molecule has 0 aliphatic heterocycles. The van der Waals surface area contributed by atoms with Gasteiger partial charge < -0.3 is 10.1 Å². The third kappa shape index (κ3) is 3.04. The van der Waals surface area contributed by atoms with Crippen molar-refractivity contribution in [1.29, 1.82) is 0 Å². The van der Waals surface area contributed by atoms with E-state index in [0.29, 0.717) is 11.4 Å². The molecule has 2 aromatic rings. The van der Waals surface area contributed by atoms with Crippen molar-refractivity contribution in [3.8, 4) is 5.75 Å². The first-order valence-electron chi connectivity index (χ1n) is 8.06. The van der Waals surface area contributed by atoms with E-state index < -0.39 is 6.04 Å². The zero-order valence-corrected chi connectivity index (χ0v) is 14.1. The van der Waals surface area contributed by atoms with Gasteiger partial charge in [0.05, 0.1) is 18.5 Å². The van der Waals surface area contributed by atoms with Crippen molar-refractivity contribution in [1.82, 2.24) is 9.78 Å². The van der Waals surface area contributed by atoms with E-state index in [1.807, 2.05) is 19.1 Å². The average molecular weight is 327 g/mol. The van der Waals surface area contributed by atoms with Crippen LogP contribution in [-0.2, 0) is 17.6 Å². The van der Waals surface area contributed by atoms with Gasteiger partial charge in [0, 0.05) is 6.07 Å². The van der Waals surface area contributed by atoms with Crippen LogP contribution in [0.5, 0.6) is 5.75 Å². The predicted molar refractivity (Wildman–Crippen MR) is 91.6 cm³/mol. The molecule has 1 aliphatic carbocycles. The number of aryl methyl sites for hydroxylation is 3. The van der Waals surface area contributed by atoms with Crippen LogP contribution in [0, 0.1) is 6.92 Å². The fraction of sp³-hybridized carbons (Fsp3) is 0.389. The quantitative estimate of drug-likeness (QED) is 0.935. The Bertz CT molecular complexity index is 842. The van der Waals surface area contributed by atoms with E-state index >= 15 is 0 Å². The zero-order valence-electron chi connectivity index (χ0n) is 14.1. The molecule has 0 spiro atoms. The van der Waals surface area contributed by atoms with Gasteiger partial charge in [0.25, 0.3) is 5.56 Å². The summed E-state index contributed by atoms with van der Waals surface area (Å²) in [6.45, 7) is 3.61. The van der Waals surface area contributed by atoms with Crippen LogP contribution in [0.25, 0.3) is 0 Å². The second-order valence-electron chi connectivity index (χ2n) is 6.12. The lowest BCUT2D eigenvalue weighted by atomic mass is 10.2. The number of ether oxygens (including phenoxy) is 1. The minimum absolute atomic E-state index is 0.241. The molecule has 6 nitrogen and oxygen atoms in total. The van der Waals surface area contributed by atoms with Gasteiger partial charge in [-0.15, -0.1) is 0 Å². The number of amides is 1. The van der Waals surface area contributed by atoms with Crippen molar-refractivity contribution < 1.29 is 9.53 Å². The molecule has 1 N–H and O–H groups in total. The average Bonchev–Trinajstić information content (AvgIpc) is 3.00. The molecule has 0 bridgehead atoms. The van der Waals surface area contributed by atoms with E-state index in [1.54, 1.807) is 26.2 Å². The molecule has 0 saturated carbocycles. The highest BCUT2D eigenvalue weighted by atomic mass is 16.5. The standard InChI is InChI=1S/C18H21N3O3/c1-11-7-8-16(24-3)15(9-11)19-18(23)12(2)21-17(22)10-13-5-4-6-14(13)20-21/h7-10,12H,4-6H2,1-3H3,(H,19,23). The number of methoxy groups -OCH3 is 1. The van der Waals surface area contributed by atoms with Crippen LogP contribution in [0.3, 0.4) is 0 Å². The number of anilines is 1. The molecule has 126 valence electrons. The molecule has 3 rings (SSSR count). The highest BCUT2D eigenvalue weighted by molar-refractivity contribution is 5.94. The lowest BCUT2D eigenvalue weighted by molar-refractivity contribution is -0.119. The molecule has 1 aromatic carbocycles.